The van der Waals surface area contributed by atoms with Gasteiger partial charge in [0.25, 0.3) is 0 Å². The first-order chi connectivity index (χ1) is 10.6. The van der Waals surface area contributed by atoms with Crippen molar-refractivity contribution < 1.29 is 0 Å². The van der Waals surface area contributed by atoms with Crippen molar-refractivity contribution in [3.63, 3.8) is 0 Å². The highest BCUT2D eigenvalue weighted by atomic mass is 15.3. The Bertz CT molecular complexity index is 843. The summed E-state index contributed by atoms with van der Waals surface area (Å²) in [6, 6.07) is 4.92. The Morgan fingerprint density at radius 1 is 1.23 bits per heavy atom. The summed E-state index contributed by atoms with van der Waals surface area (Å²) in [4.78, 5) is 9.41. The van der Waals surface area contributed by atoms with Crippen LogP contribution in [0.5, 0.6) is 0 Å². The third kappa shape index (κ3) is 2.16. The first-order valence-corrected chi connectivity index (χ1v) is 7.97. The highest BCUT2D eigenvalue weighted by Gasteiger charge is 2.23. The number of aryl methyl sites for hydroxylation is 2. The molecule has 114 valence electrons. The van der Waals surface area contributed by atoms with Gasteiger partial charge in [-0.25, -0.2) is 14.5 Å². The van der Waals surface area contributed by atoms with E-state index in [2.05, 4.69) is 48.3 Å². The molecule has 0 bridgehead atoms. The zero-order chi connectivity index (χ0) is 15.3. The van der Waals surface area contributed by atoms with Gasteiger partial charge in [0.15, 0.2) is 11.5 Å². The molecule has 1 aromatic carbocycles. The molecular weight excluding hydrogens is 274 g/mol. The fourth-order valence-corrected chi connectivity index (χ4v) is 3.41. The van der Waals surface area contributed by atoms with Crippen LogP contribution in [-0.4, -0.2) is 32.2 Å². The highest BCUT2D eigenvalue weighted by Crippen LogP contribution is 2.26. The molecule has 0 spiro atoms. The van der Waals surface area contributed by atoms with Gasteiger partial charge in [-0.15, -0.1) is 5.10 Å². The van der Waals surface area contributed by atoms with Crippen molar-refractivity contribution in [1.29, 1.82) is 0 Å². The van der Waals surface area contributed by atoms with E-state index in [0.717, 1.165) is 35.3 Å². The molecule has 1 aliphatic heterocycles. The Balaban J connectivity index is 1.85. The van der Waals surface area contributed by atoms with E-state index in [4.69, 9.17) is 4.98 Å². The number of benzene rings is 1. The minimum atomic E-state index is 0.400. The van der Waals surface area contributed by atoms with Crippen molar-refractivity contribution in [1.82, 2.24) is 24.9 Å². The molecule has 22 heavy (non-hydrogen) atoms. The van der Waals surface area contributed by atoms with Crippen molar-refractivity contribution >= 4 is 16.6 Å². The van der Waals surface area contributed by atoms with Gasteiger partial charge in [0.05, 0.1) is 5.52 Å². The van der Waals surface area contributed by atoms with Gasteiger partial charge in [0, 0.05) is 23.9 Å². The Morgan fingerprint density at radius 2 is 2.09 bits per heavy atom. The van der Waals surface area contributed by atoms with E-state index in [-0.39, 0.29) is 0 Å². The fourth-order valence-electron chi connectivity index (χ4n) is 3.41. The van der Waals surface area contributed by atoms with Crippen LogP contribution in [0.25, 0.3) is 16.6 Å². The summed E-state index contributed by atoms with van der Waals surface area (Å²) in [6.07, 6.45) is 4.11. The van der Waals surface area contributed by atoms with E-state index < -0.39 is 0 Å². The lowest BCUT2D eigenvalue weighted by molar-refractivity contribution is 0.376. The van der Waals surface area contributed by atoms with Gasteiger partial charge in [0.1, 0.15) is 6.33 Å². The molecule has 5 nitrogen and oxygen atoms in total. The first-order valence-electron chi connectivity index (χ1n) is 7.97. The molecule has 2 unspecified atom stereocenters. The molecule has 0 aliphatic carbocycles. The summed E-state index contributed by atoms with van der Waals surface area (Å²) in [5, 5.41) is 9.29. The molecule has 4 rings (SSSR count). The Labute approximate surface area is 129 Å². The Hall–Kier alpha value is -2.01. The SMILES string of the molecule is Cc1cc(C)c2ncn3nc(C4CCC(C)NC4)nc3c2c1. The summed E-state index contributed by atoms with van der Waals surface area (Å²) in [7, 11) is 0. The lowest BCUT2D eigenvalue weighted by Gasteiger charge is -2.25. The van der Waals surface area contributed by atoms with Crippen LogP contribution in [-0.2, 0) is 0 Å². The molecule has 1 fully saturated rings. The monoisotopic (exact) mass is 295 g/mol. The summed E-state index contributed by atoms with van der Waals surface area (Å²) in [6.45, 7) is 7.40. The third-order valence-corrected chi connectivity index (χ3v) is 4.66. The quantitative estimate of drug-likeness (QED) is 0.750. The molecule has 0 saturated carbocycles. The maximum atomic E-state index is 4.84. The number of hydrogen-bond donors (Lipinski definition) is 1. The lowest BCUT2D eigenvalue weighted by atomic mass is 9.95. The topological polar surface area (TPSA) is 55.1 Å². The largest absolute Gasteiger partial charge is 0.314 e. The minimum Gasteiger partial charge on any atom is -0.314 e. The predicted octanol–water partition coefficient (Wildman–Crippen LogP) is 2.75. The average Bonchev–Trinajstić information content (AvgIpc) is 2.92. The zero-order valence-electron chi connectivity index (χ0n) is 13.3. The molecule has 1 aliphatic rings. The van der Waals surface area contributed by atoms with Gasteiger partial charge in [-0.05, 0) is 50.8 Å². The van der Waals surface area contributed by atoms with E-state index in [1.165, 1.54) is 17.5 Å². The average molecular weight is 295 g/mol. The maximum absolute atomic E-state index is 4.84. The first kappa shape index (κ1) is 13.6. The van der Waals surface area contributed by atoms with Crippen molar-refractivity contribution in [2.24, 2.45) is 0 Å². The fraction of sp³-hybridized carbons (Fsp3) is 0.471. The summed E-state index contributed by atoms with van der Waals surface area (Å²) >= 11 is 0. The predicted molar refractivity (Wildman–Crippen MR) is 87.2 cm³/mol. The molecule has 3 heterocycles. The molecule has 1 N–H and O–H groups in total. The zero-order valence-corrected chi connectivity index (χ0v) is 13.3. The van der Waals surface area contributed by atoms with Crippen molar-refractivity contribution in [2.75, 3.05) is 6.54 Å². The summed E-state index contributed by atoms with van der Waals surface area (Å²) in [5.41, 5.74) is 4.37. The van der Waals surface area contributed by atoms with E-state index in [1.807, 2.05) is 4.52 Å². The van der Waals surface area contributed by atoms with Gasteiger partial charge >= 0.3 is 0 Å². The highest BCUT2D eigenvalue weighted by molar-refractivity contribution is 5.93. The number of aromatic nitrogens is 4. The lowest BCUT2D eigenvalue weighted by Crippen LogP contribution is -2.36. The smallest absolute Gasteiger partial charge is 0.166 e. The number of nitrogens with one attached hydrogen (secondary N) is 1. The van der Waals surface area contributed by atoms with E-state index in [9.17, 15) is 0 Å². The standard InChI is InChI=1S/C17H21N5/c1-10-6-11(2)15-14(7-10)17-20-16(21-22(17)9-19-15)13-5-4-12(3)18-8-13/h6-7,9,12-13,18H,4-5,8H2,1-3H3. The Kier molecular flexibility index (Phi) is 3.11. The van der Waals surface area contributed by atoms with E-state index in [0.29, 0.717) is 12.0 Å². The molecule has 3 aromatic rings. The van der Waals surface area contributed by atoms with Crippen LogP contribution in [0.3, 0.4) is 0 Å². The van der Waals surface area contributed by atoms with E-state index in [1.54, 1.807) is 6.33 Å². The summed E-state index contributed by atoms with van der Waals surface area (Å²) < 4.78 is 1.83. The number of fused-ring (bicyclic) bond motifs is 3. The number of piperidine rings is 1. The molecule has 1 saturated heterocycles. The minimum absolute atomic E-state index is 0.400. The second kappa shape index (κ2) is 5.02. The Morgan fingerprint density at radius 3 is 2.86 bits per heavy atom. The van der Waals surface area contributed by atoms with Crippen LogP contribution in [0.4, 0.5) is 0 Å². The van der Waals surface area contributed by atoms with Crippen molar-refractivity contribution in [3.8, 4) is 0 Å². The van der Waals surface area contributed by atoms with Crippen molar-refractivity contribution in [2.45, 2.75) is 45.6 Å². The van der Waals surface area contributed by atoms with Gasteiger partial charge in [-0.2, -0.15) is 0 Å². The molecule has 5 heteroatoms. The maximum Gasteiger partial charge on any atom is 0.166 e. The van der Waals surface area contributed by atoms with E-state index >= 15 is 0 Å². The van der Waals surface area contributed by atoms with Gasteiger partial charge in [-0.1, -0.05) is 6.07 Å². The normalized spacial score (nSPS) is 22.5. The molecular formula is C17H21N5. The molecule has 2 aromatic heterocycles. The number of nitrogens with zero attached hydrogens (tertiary/aromatic N) is 4. The second-order valence-corrected chi connectivity index (χ2v) is 6.54. The van der Waals surface area contributed by atoms with Crippen LogP contribution >= 0.6 is 0 Å². The van der Waals surface area contributed by atoms with Crippen LogP contribution < -0.4 is 5.32 Å². The summed E-state index contributed by atoms with van der Waals surface area (Å²) in [5.74, 6) is 1.34. The van der Waals surface area contributed by atoms with Crippen LogP contribution in [0.15, 0.2) is 18.5 Å². The molecule has 2 atom stereocenters. The van der Waals surface area contributed by atoms with Crippen LogP contribution in [0.1, 0.15) is 42.6 Å². The van der Waals surface area contributed by atoms with Crippen molar-refractivity contribution in [3.05, 3.63) is 35.4 Å². The molecule has 0 amide bonds. The van der Waals surface area contributed by atoms with Crippen LogP contribution in [0.2, 0.25) is 0 Å². The van der Waals surface area contributed by atoms with Gasteiger partial charge in [0.2, 0.25) is 0 Å². The van der Waals surface area contributed by atoms with Crippen LogP contribution in [0, 0.1) is 13.8 Å². The number of hydrogen-bond acceptors (Lipinski definition) is 4. The van der Waals surface area contributed by atoms with Gasteiger partial charge in [-0.3, -0.25) is 0 Å². The third-order valence-electron chi connectivity index (χ3n) is 4.66. The molecule has 0 radical (unpaired) electrons. The second-order valence-electron chi connectivity index (χ2n) is 6.54. The van der Waals surface area contributed by atoms with Gasteiger partial charge < -0.3 is 5.32 Å². The number of rotatable bonds is 1.